The first kappa shape index (κ1) is 22.0. The van der Waals surface area contributed by atoms with Crippen LogP contribution in [0.4, 0.5) is 18.9 Å². The van der Waals surface area contributed by atoms with Gasteiger partial charge >= 0.3 is 5.97 Å². The van der Waals surface area contributed by atoms with Gasteiger partial charge in [-0.3, -0.25) is 9.59 Å². The molecule has 2 amide bonds. The largest absolute Gasteiger partial charge is 0.459 e. The summed E-state index contributed by atoms with van der Waals surface area (Å²) in [6, 6.07) is 3.29. The summed E-state index contributed by atoms with van der Waals surface area (Å²) >= 11 is 0. The van der Waals surface area contributed by atoms with Crippen molar-refractivity contribution in [3.63, 3.8) is 0 Å². The number of hydrogen-bond acceptors (Lipinski definition) is 5. The lowest BCUT2D eigenvalue weighted by molar-refractivity contribution is -0.156. The number of benzene rings is 1. The molecule has 0 bridgehead atoms. The minimum atomic E-state index is -1.74. The molecule has 156 valence electrons. The van der Waals surface area contributed by atoms with Crippen LogP contribution >= 0.6 is 0 Å². The van der Waals surface area contributed by atoms with Crippen molar-refractivity contribution in [3.8, 4) is 0 Å². The van der Waals surface area contributed by atoms with Crippen LogP contribution in [0, 0.1) is 23.4 Å². The van der Waals surface area contributed by atoms with Crippen LogP contribution in [0.2, 0.25) is 0 Å². The van der Waals surface area contributed by atoms with Gasteiger partial charge in [0.15, 0.2) is 29.3 Å². The van der Waals surface area contributed by atoms with Crippen molar-refractivity contribution < 1.29 is 36.7 Å². The molecule has 0 aliphatic heterocycles. The molecule has 2 rings (SSSR count). The first-order valence-electron chi connectivity index (χ1n) is 8.61. The molecule has 1 aromatic heterocycles. The number of esters is 1. The fraction of sp³-hybridized carbons (Fsp3) is 0.316. The summed E-state index contributed by atoms with van der Waals surface area (Å²) in [7, 11) is 0. The molecule has 10 heteroatoms. The van der Waals surface area contributed by atoms with E-state index in [0.29, 0.717) is 6.07 Å². The van der Waals surface area contributed by atoms with Crippen LogP contribution in [0.5, 0.6) is 0 Å². The van der Waals surface area contributed by atoms with Crippen molar-refractivity contribution in [2.75, 3.05) is 5.32 Å². The highest BCUT2D eigenvalue weighted by Crippen LogP contribution is 2.20. The van der Waals surface area contributed by atoms with E-state index in [0.717, 1.165) is 6.07 Å². The lowest BCUT2D eigenvalue weighted by Crippen LogP contribution is -2.47. The second-order valence-electron chi connectivity index (χ2n) is 6.46. The Kier molecular flexibility index (Phi) is 7.03. The van der Waals surface area contributed by atoms with Crippen molar-refractivity contribution in [2.24, 2.45) is 5.92 Å². The topological polar surface area (TPSA) is 97.6 Å². The van der Waals surface area contributed by atoms with Crippen LogP contribution in [-0.4, -0.2) is 29.9 Å². The van der Waals surface area contributed by atoms with Gasteiger partial charge in [-0.25, -0.2) is 18.0 Å². The standard InChI is InChI=1S/C19H19F3N2O5/c1-9(2)16(24-18(26)13-5-4-8-28-13)19(27)29-10(3)17(25)23-12-7-6-11(20)14(21)15(12)22/h4-10,16H,1-3H3,(H,23,25)(H,24,26)/t10-,16-/m0/s1. The SMILES string of the molecule is CC(C)[C@H](NC(=O)c1ccco1)C(=O)O[C@@H](C)C(=O)Nc1ccc(F)c(F)c1F. The van der Waals surface area contributed by atoms with Crippen LogP contribution in [-0.2, 0) is 14.3 Å². The van der Waals surface area contributed by atoms with Crippen LogP contribution in [0.3, 0.4) is 0 Å². The summed E-state index contributed by atoms with van der Waals surface area (Å²) < 4.78 is 49.9. The zero-order chi connectivity index (χ0) is 21.7. The van der Waals surface area contributed by atoms with Gasteiger partial charge in [0.05, 0.1) is 12.0 Å². The highest BCUT2D eigenvalue weighted by molar-refractivity contribution is 5.97. The number of carbonyl (C=O) groups is 3. The lowest BCUT2D eigenvalue weighted by Gasteiger charge is -2.22. The Morgan fingerprint density at radius 3 is 2.31 bits per heavy atom. The molecule has 1 aromatic carbocycles. The number of carbonyl (C=O) groups excluding carboxylic acids is 3. The third-order valence-corrected chi connectivity index (χ3v) is 3.91. The van der Waals surface area contributed by atoms with Crippen molar-refractivity contribution >= 4 is 23.5 Å². The Morgan fingerprint density at radius 1 is 1.03 bits per heavy atom. The molecular formula is C19H19F3N2O5. The number of rotatable bonds is 7. The average molecular weight is 412 g/mol. The quantitative estimate of drug-likeness (QED) is 0.538. The molecule has 0 fully saturated rings. The number of hydrogen-bond donors (Lipinski definition) is 2. The van der Waals surface area contributed by atoms with E-state index in [1.807, 2.05) is 5.32 Å². The van der Waals surface area contributed by atoms with Crippen LogP contribution in [0.1, 0.15) is 31.3 Å². The lowest BCUT2D eigenvalue weighted by atomic mass is 10.0. The molecule has 29 heavy (non-hydrogen) atoms. The Balaban J connectivity index is 2.02. The van der Waals surface area contributed by atoms with Crippen molar-refractivity contribution in [2.45, 2.75) is 32.9 Å². The summed E-state index contributed by atoms with van der Waals surface area (Å²) in [5.74, 6) is -7.66. The third-order valence-electron chi connectivity index (χ3n) is 3.91. The molecule has 0 radical (unpaired) electrons. The molecule has 2 atom stereocenters. The predicted octanol–water partition coefficient (Wildman–Crippen LogP) is 3.02. The van der Waals surface area contributed by atoms with Crippen molar-refractivity contribution in [1.29, 1.82) is 0 Å². The fourth-order valence-corrected chi connectivity index (χ4v) is 2.28. The molecule has 0 aliphatic rings. The molecule has 7 nitrogen and oxygen atoms in total. The van der Waals surface area contributed by atoms with Gasteiger partial charge in [0.2, 0.25) is 0 Å². The maximum Gasteiger partial charge on any atom is 0.329 e. The molecule has 2 N–H and O–H groups in total. The summed E-state index contributed by atoms with van der Waals surface area (Å²) in [4.78, 5) is 36.6. The maximum absolute atomic E-state index is 13.7. The number of amides is 2. The molecule has 0 saturated carbocycles. The molecule has 0 unspecified atom stereocenters. The van der Waals surface area contributed by atoms with Gasteiger partial charge < -0.3 is 19.8 Å². The minimum Gasteiger partial charge on any atom is -0.459 e. The Bertz CT molecular complexity index is 899. The smallest absolute Gasteiger partial charge is 0.329 e. The first-order chi connectivity index (χ1) is 13.6. The van der Waals surface area contributed by atoms with Crippen molar-refractivity contribution in [3.05, 3.63) is 53.7 Å². The third kappa shape index (κ3) is 5.37. The van der Waals surface area contributed by atoms with E-state index < -0.39 is 53.1 Å². The average Bonchev–Trinajstić information content (AvgIpc) is 3.20. The van der Waals surface area contributed by atoms with Crippen molar-refractivity contribution in [1.82, 2.24) is 5.32 Å². The first-order valence-corrected chi connectivity index (χ1v) is 8.61. The number of anilines is 1. The van der Waals surface area contributed by atoms with Crippen LogP contribution < -0.4 is 10.6 Å². The van der Waals surface area contributed by atoms with Gasteiger partial charge in [-0.1, -0.05) is 13.8 Å². The fourth-order valence-electron chi connectivity index (χ4n) is 2.28. The van der Waals surface area contributed by atoms with Crippen LogP contribution in [0.25, 0.3) is 0 Å². The molecule has 2 aromatic rings. The van der Waals surface area contributed by atoms with Gasteiger partial charge in [-0.15, -0.1) is 0 Å². The van der Waals surface area contributed by atoms with E-state index in [1.165, 1.54) is 25.3 Å². The minimum absolute atomic E-state index is 0.0111. The Hall–Kier alpha value is -3.30. The van der Waals surface area contributed by atoms with Gasteiger partial charge in [0.1, 0.15) is 6.04 Å². The number of halogens is 3. The summed E-state index contributed by atoms with van der Waals surface area (Å²) in [5.41, 5.74) is -0.608. The molecule has 0 saturated heterocycles. The Morgan fingerprint density at radius 2 is 1.72 bits per heavy atom. The second-order valence-corrected chi connectivity index (χ2v) is 6.46. The highest BCUT2D eigenvalue weighted by atomic mass is 19.2. The van der Waals surface area contributed by atoms with E-state index in [1.54, 1.807) is 13.8 Å². The van der Waals surface area contributed by atoms with Gasteiger partial charge in [-0.2, -0.15) is 0 Å². The van der Waals surface area contributed by atoms with Crippen LogP contribution in [0.15, 0.2) is 34.9 Å². The molecular weight excluding hydrogens is 393 g/mol. The number of furan rings is 1. The van der Waals surface area contributed by atoms with E-state index >= 15 is 0 Å². The highest BCUT2D eigenvalue weighted by Gasteiger charge is 2.30. The summed E-state index contributed by atoms with van der Waals surface area (Å²) in [6.07, 6.45) is -0.113. The molecule has 1 heterocycles. The normalized spacial score (nSPS) is 12.9. The predicted molar refractivity (Wildman–Crippen MR) is 95.3 cm³/mol. The summed E-state index contributed by atoms with van der Waals surface area (Å²) in [6.45, 7) is 4.50. The maximum atomic E-state index is 13.7. The number of ether oxygens (including phenoxy) is 1. The molecule has 0 aliphatic carbocycles. The van der Waals surface area contributed by atoms with E-state index in [9.17, 15) is 27.6 Å². The zero-order valence-electron chi connectivity index (χ0n) is 15.8. The monoisotopic (exact) mass is 412 g/mol. The van der Waals surface area contributed by atoms with Gasteiger partial charge in [0.25, 0.3) is 11.8 Å². The van der Waals surface area contributed by atoms with Gasteiger partial charge in [0, 0.05) is 0 Å². The van der Waals surface area contributed by atoms with Gasteiger partial charge in [-0.05, 0) is 37.1 Å². The second kappa shape index (κ2) is 9.26. The van der Waals surface area contributed by atoms with E-state index in [4.69, 9.17) is 9.15 Å². The Labute approximate surface area is 164 Å². The van der Waals surface area contributed by atoms with E-state index in [-0.39, 0.29) is 11.7 Å². The number of nitrogens with one attached hydrogen (secondary N) is 2. The molecule has 0 spiro atoms. The zero-order valence-corrected chi connectivity index (χ0v) is 15.8. The van der Waals surface area contributed by atoms with E-state index in [2.05, 4.69) is 5.32 Å². The summed E-state index contributed by atoms with van der Waals surface area (Å²) in [5, 5.41) is 4.46.